The third kappa shape index (κ3) is 2.27. The molecule has 4 rings (SSSR count). The SMILES string of the molecule is Cl.c1cc2c(cc1-c1noc(C3CCNC3)n1)CCO2. The Kier molecular flexibility index (Phi) is 3.63. The highest BCUT2D eigenvalue weighted by molar-refractivity contribution is 5.85. The van der Waals surface area contributed by atoms with Gasteiger partial charge in [-0.05, 0) is 36.7 Å². The molecule has 1 unspecified atom stereocenters. The molecule has 2 aliphatic rings. The predicted molar refractivity (Wildman–Crippen MR) is 76.4 cm³/mol. The average molecular weight is 294 g/mol. The van der Waals surface area contributed by atoms with Gasteiger partial charge in [0.15, 0.2) is 0 Å². The summed E-state index contributed by atoms with van der Waals surface area (Å²) in [6, 6.07) is 6.08. The number of ether oxygens (including phenoxy) is 1. The minimum Gasteiger partial charge on any atom is -0.493 e. The first kappa shape index (κ1) is 13.4. The largest absolute Gasteiger partial charge is 0.493 e. The van der Waals surface area contributed by atoms with E-state index in [-0.39, 0.29) is 12.4 Å². The van der Waals surface area contributed by atoms with Gasteiger partial charge in [0.2, 0.25) is 11.7 Å². The summed E-state index contributed by atoms with van der Waals surface area (Å²) < 4.78 is 10.9. The van der Waals surface area contributed by atoms with Gasteiger partial charge in [-0.25, -0.2) is 0 Å². The summed E-state index contributed by atoms with van der Waals surface area (Å²) in [6.07, 6.45) is 2.03. The van der Waals surface area contributed by atoms with E-state index < -0.39 is 0 Å². The maximum absolute atomic E-state index is 5.50. The second kappa shape index (κ2) is 5.42. The number of hydrogen-bond acceptors (Lipinski definition) is 5. The van der Waals surface area contributed by atoms with Gasteiger partial charge in [0.25, 0.3) is 0 Å². The Hall–Kier alpha value is -1.59. The number of rotatable bonds is 2. The van der Waals surface area contributed by atoms with Gasteiger partial charge in [0, 0.05) is 18.5 Å². The van der Waals surface area contributed by atoms with Crippen molar-refractivity contribution in [2.24, 2.45) is 0 Å². The van der Waals surface area contributed by atoms with E-state index in [0.29, 0.717) is 11.7 Å². The predicted octanol–water partition coefficient (Wildman–Crippen LogP) is 2.17. The highest BCUT2D eigenvalue weighted by Gasteiger charge is 2.23. The Bertz CT molecular complexity index is 608. The molecule has 3 heterocycles. The number of fused-ring (bicyclic) bond motifs is 1. The number of nitrogens with zero attached hydrogens (tertiary/aromatic N) is 2. The van der Waals surface area contributed by atoms with Crippen LogP contribution in [0.5, 0.6) is 5.75 Å². The first-order chi connectivity index (χ1) is 9.40. The van der Waals surface area contributed by atoms with Crippen LogP contribution >= 0.6 is 12.4 Å². The van der Waals surface area contributed by atoms with Crippen molar-refractivity contribution in [3.05, 3.63) is 29.7 Å². The minimum atomic E-state index is 0. The van der Waals surface area contributed by atoms with Crippen molar-refractivity contribution < 1.29 is 9.26 Å². The van der Waals surface area contributed by atoms with Crippen LogP contribution in [0.1, 0.15) is 23.8 Å². The lowest BCUT2D eigenvalue weighted by atomic mass is 10.1. The topological polar surface area (TPSA) is 60.2 Å². The fourth-order valence-electron chi connectivity index (χ4n) is 2.71. The van der Waals surface area contributed by atoms with Crippen molar-refractivity contribution in [2.75, 3.05) is 19.7 Å². The lowest BCUT2D eigenvalue weighted by Crippen LogP contribution is -2.08. The zero-order chi connectivity index (χ0) is 12.7. The second-order valence-corrected chi connectivity index (χ2v) is 5.07. The molecule has 5 nitrogen and oxygen atoms in total. The Morgan fingerprint density at radius 1 is 1.30 bits per heavy atom. The molecule has 1 fully saturated rings. The zero-order valence-corrected chi connectivity index (χ0v) is 11.8. The quantitative estimate of drug-likeness (QED) is 0.919. The molecular formula is C14H16ClN3O2. The molecule has 1 atom stereocenters. The van der Waals surface area contributed by atoms with Crippen LogP contribution in [0.4, 0.5) is 0 Å². The molecule has 0 saturated carbocycles. The summed E-state index contributed by atoms with van der Waals surface area (Å²) >= 11 is 0. The lowest BCUT2D eigenvalue weighted by molar-refractivity contribution is 0.356. The maximum atomic E-state index is 5.50. The van der Waals surface area contributed by atoms with Crippen molar-refractivity contribution in [3.8, 4) is 17.1 Å². The van der Waals surface area contributed by atoms with Crippen LogP contribution < -0.4 is 10.1 Å². The molecule has 106 valence electrons. The molecule has 1 aromatic carbocycles. The van der Waals surface area contributed by atoms with E-state index in [1.165, 1.54) is 5.56 Å². The molecule has 1 N–H and O–H groups in total. The van der Waals surface area contributed by atoms with Crippen molar-refractivity contribution >= 4 is 12.4 Å². The molecule has 20 heavy (non-hydrogen) atoms. The smallest absolute Gasteiger partial charge is 0.231 e. The van der Waals surface area contributed by atoms with Crippen LogP contribution in [0.2, 0.25) is 0 Å². The number of hydrogen-bond donors (Lipinski definition) is 1. The normalized spacial score (nSPS) is 20.3. The highest BCUT2D eigenvalue weighted by Crippen LogP contribution is 2.30. The Morgan fingerprint density at radius 2 is 2.25 bits per heavy atom. The van der Waals surface area contributed by atoms with E-state index in [0.717, 1.165) is 49.7 Å². The summed E-state index contributed by atoms with van der Waals surface area (Å²) in [6.45, 7) is 2.72. The van der Waals surface area contributed by atoms with Gasteiger partial charge < -0.3 is 14.6 Å². The molecule has 1 saturated heterocycles. The van der Waals surface area contributed by atoms with Crippen LogP contribution in [0.25, 0.3) is 11.4 Å². The standard InChI is InChI=1S/C14H15N3O2.ClH/c1-2-12-9(4-6-18-12)7-10(1)13-16-14(19-17-13)11-3-5-15-8-11;/h1-2,7,11,15H,3-6,8H2;1H. The van der Waals surface area contributed by atoms with Crippen molar-refractivity contribution in [1.82, 2.24) is 15.5 Å². The molecule has 0 amide bonds. The van der Waals surface area contributed by atoms with E-state index in [1.54, 1.807) is 0 Å². The van der Waals surface area contributed by atoms with Gasteiger partial charge in [-0.3, -0.25) is 0 Å². The Labute approximate surface area is 123 Å². The Morgan fingerprint density at radius 3 is 3.10 bits per heavy atom. The number of aromatic nitrogens is 2. The van der Waals surface area contributed by atoms with E-state index in [9.17, 15) is 0 Å². The molecule has 6 heteroatoms. The maximum Gasteiger partial charge on any atom is 0.231 e. The summed E-state index contributed by atoms with van der Waals surface area (Å²) in [5, 5.41) is 7.41. The zero-order valence-electron chi connectivity index (χ0n) is 11.0. The summed E-state index contributed by atoms with van der Waals surface area (Å²) in [5.41, 5.74) is 2.23. The third-order valence-corrected chi connectivity index (χ3v) is 3.80. The molecule has 1 aromatic heterocycles. The van der Waals surface area contributed by atoms with Gasteiger partial charge in [-0.15, -0.1) is 12.4 Å². The number of nitrogens with one attached hydrogen (secondary N) is 1. The number of benzene rings is 1. The van der Waals surface area contributed by atoms with Crippen molar-refractivity contribution in [3.63, 3.8) is 0 Å². The molecular weight excluding hydrogens is 278 g/mol. The monoisotopic (exact) mass is 293 g/mol. The van der Waals surface area contributed by atoms with Crippen LogP contribution in [-0.4, -0.2) is 29.8 Å². The molecule has 2 aliphatic heterocycles. The highest BCUT2D eigenvalue weighted by atomic mass is 35.5. The number of halogens is 1. The van der Waals surface area contributed by atoms with Crippen LogP contribution in [0.15, 0.2) is 22.7 Å². The van der Waals surface area contributed by atoms with E-state index in [4.69, 9.17) is 9.26 Å². The van der Waals surface area contributed by atoms with Gasteiger partial charge >= 0.3 is 0 Å². The van der Waals surface area contributed by atoms with E-state index >= 15 is 0 Å². The van der Waals surface area contributed by atoms with Crippen LogP contribution in [0.3, 0.4) is 0 Å². The molecule has 0 aliphatic carbocycles. The molecule has 2 aromatic rings. The van der Waals surface area contributed by atoms with Gasteiger partial charge in [-0.2, -0.15) is 4.98 Å². The van der Waals surface area contributed by atoms with Crippen molar-refractivity contribution in [1.29, 1.82) is 0 Å². The van der Waals surface area contributed by atoms with Crippen LogP contribution in [-0.2, 0) is 6.42 Å². The molecule has 0 bridgehead atoms. The van der Waals surface area contributed by atoms with Gasteiger partial charge in [0.1, 0.15) is 5.75 Å². The third-order valence-electron chi connectivity index (χ3n) is 3.80. The van der Waals surface area contributed by atoms with Crippen molar-refractivity contribution in [2.45, 2.75) is 18.8 Å². The molecule has 0 spiro atoms. The van der Waals surface area contributed by atoms with Gasteiger partial charge in [-0.1, -0.05) is 5.16 Å². The fourth-order valence-corrected chi connectivity index (χ4v) is 2.71. The van der Waals surface area contributed by atoms with E-state index in [1.807, 2.05) is 12.1 Å². The Balaban J connectivity index is 0.00000121. The summed E-state index contributed by atoms with van der Waals surface area (Å²) in [7, 11) is 0. The average Bonchev–Trinajstić information content (AvgIpc) is 3.18. The lowest BCUT2D eigenvalue weighted by Gasteiger charge is -2.00. The summed E-state index contributed by atoms with van der Waals surface area (Å²) in [5.74, 6) is 2.76. The van der Waals surface area contributed by atoms with Gasteiger partial charge in [0.05, 0.1) is 12.5 Å². The van der Waals surface area contributed by atoms with Crippen LogP contribution in [0, 0.1) is 0 Å². The first-order valence-electron chi connectivity index (χ1n) is 6.70. The second-order valence-electron chi connectivity index (χ2n) is 5.07. The fraction of sp³-hybridized carbons (Fsp3) is 0.429. The molecule has 0 radical (unpaired) electrons. The van der Waals surface area contributed by atoms with E-state index in [2.05, 4.69) is 21.5 Å². The summed E-state index contributed by atoms with van der Waals surface area (Å²) in [4.78, 5) is 4.53. The minimum absolute atomic E-state index is 0. The first-order valence-corrected chi connectivity index (χ1v) is 6.70.